The molecule has 0 aromatic heterocycles. The lowest BCUT2D eigenvalue weighted by atomic mass is 10.2. The van der Waals surface area contributed by atoms with Crippen LogP contribution in [0.5, 0.6) is 0 Å². The summed E-state index contributed by atoms with van der Waals surface area (Å²) in [5, 5.41) is 18.8. The third-order valence-corrected chi connectivity index (χ3v) is 2.93. The zero-order valence-corrected chi connectivity index (χ0v) is 14.3. The van der Waals surface area contributed by atoms with Gasteiger partial charge in [0.05, 0.1) is 0 Å². The molecule has 0 unspecified atom stereocenters. The number of nitrogens with two attached hydrogens (primary N) is 3. The van der Waals surface area contributed by atoms with E-state index in [1.54, 1.807) is 0 Å². The van der Waals surface area contributed by atoms with E-state index in [-0.39, 0.29) is 6.54 Å². The first-order chi connectivity index (χ1) is 10.8. The summed E-state index contributed by atoms with van der Waals surface area (Å²) in [6, 6.07) is 9.16. The van der Waals surface area contributed by atoms with E-state index in [4.69, 9.17) is 5.14 Å². The number of hydrogen-bond acceptors (Lipinski definition) is 8. The van der Waals surface area contributed by atoms with Gasteiger partial charge < -0.3 is 0 Å². The minimum Gasteiger partial charge on any atom is -0.216 e. The second kappa shape index (κ2) is 9.42. The molecular weight excluding hydrogens is 388 g/mol. The van der Waals surface area contributed by atoms with Crippen molar-refractivity contribution in [3.05, 3.63) is 35.9 Å². The fraction of sp³-hybridized carbons (Fsp3) is 0.143. The van der Waals surface area contributed by atoms with Gasteiger partial charge in [-0.05, 0) is 16.0 Å². The van der Waals surface area contributed by atoms with Gasteiger partial charge in [-0.2, -0.15) is 39.6 Å². The van der Waals surface area contributed by atoms with Gasteiger partial charge in [0.2, 0.25) is 0 Å². The quantitative estimate of drug-likeness (QED) is 0.202. The van der Waals surface area contributed by atoms with E-state index in [1.165, 1.54) is 9.66 Å². The molecule has 0 spiro atoms. The first-order valence-corrected chi connectivity index (χ1v) is 10.2. The lowest BCUT2D eigenvalue weighted by Gasteiger charge is -2.00. The summed E-state index contributed by atoms with van der Waals surface area (Å²) in [5.41, 5.74) is 0.881. The van der Waals surface area contributed by atoms with Gasteiger partial charge >= 0.3 is 20.4 Å². The van der Waals surface area contributed by atoms with Crippen LogP contribution in [0.3, 0.4) is 0 Å². The smallest absolute Gasteiger partial charge is 0.216 e. The number of nitrogens with zero attached hydrogens (tertiary/aromatic N) is 2. The van der Waals surface area contributed by atoms with E-state index >= 15 is 0 Å². The Labute approximate surface area is 139 Å². The topological polar surface area (TPSA) is 241 Å². The maximum Gasteiger partial charge on any atom is 0.312 e. The summed E-state index contributed by atoms with van der Waals surface area (Å²) >= 11 is 0. The Balaban J connectivity index is 0.000000441. The molecule has 0 radical (unpaired) electrons. The van der Waals surface area contributed by atoms with Crippen molar-refractivity contribution in [2.75, 3.05) is 0 Å². The van der Waals surface area contributed by atoms with Crippen LogP contribution in [0.2, 0.25) is 0 Å². The number of nitrogens with one attached hydrogen (secondary N) is 3. The van der Waals surface area contributed by atoms with E-state index in [0.29, 0.717) is 0 Å². The monoisotopic (exact) mass is 404 g/mol. The molecule has 1 aromatic rings. The molecule has 0 fully saturated rings. The number of benzene rings is 1. The summed E-state index contributed by atoms with van der Waals surface area (Å²) in [7, 11) is -11.6. The highest BCUT2D eigenvalue weighted by Gasteiger charge is 1.99. The van der Waals surface area contributed by atoms with Crippen LogP contribution < -0.4 is 29.8 Å². The number of rotatable bonds is 7. The molecule has 0 heterocycles. The van der Waals surface area contributed by atoms with E-state index in [2.05, 4.69) is 25.4 Å². The minimum atomic E-state index is -4.03. The molecule has 0 bridgehead atoms. The molecule has 138 valence electrons. The van der Waals surface area contributed by atoms with Gasteiger partial charge in [-0.25, -0.2) is 15.4 Å². The molecule has 0 saturated carbocycles. The fourth-order valence-electron chi connectivity index (χ4n) is 0.934. The molecule has 0 aliphatic carbocycles. The fourth-order valence-corrected chi connectivity index (χ4v) is 1.61. The van der Waals surface area contributed by atoms with Crippen LogP contribution >= 0.6 is 0 Å². The molecule has 1 rings (SSSR count). The predicted molar refractivity (Wildman–Crippen MR) is 83.7 cm³/mol. The number of hydrogen-bond donors (Lipinski definition) is 6. The van der Waals surface area contributed by atoms with Crippen LogP contribution in [0.4, 0.5) is 0 Å². The Hall–Kier alpha value is -1.89. The second-order valence-electron chi connectivity index (χ2n) is 3.82. The summed E-state index contributed by atoms with van der Waals surface area (Å²) in [6.07, 6.45) is 0. The van der Waals surface area contributed by atoms with E-state index in [1.807, 2.05) is 30.3 Å². The maximum absolute atomic E-state index is 10.5. The molecule has 9 N–H and O–H groups in total. The third-order valence-electron chi connectivity index (χ3n) is 1.71. The molecule has 0 aliphatic rings. The van der Waals surface area contributed by atoms with Gasteiger partial charge in [0.25, 0.3) is 10.2 Å². The highest BCUT2D eigenvalue weighted by Crippen LogP contribution is 1.96. The molecule has 0 atom stereocenters. The zero-order chi connectivity index (χ0) is 18.9. The molecule has 0 amide bonds. The molecule has 0 saturated heterocycles. The summed E-state index contributed by atoms with van der Waals surface area (Å²) in [4.78, 5) is 2.64. The molecule has 17 heteroatoms. The van der Waals surface area contributed by atoms with Crippen molar-refractivity contribution >= 4 is 30.6 Å². The lowest BCUT2D eigenvalue weighted by molar-refractivity contribution is 0.571. The molecule has 0 aliphatic heterocycles. The van der Waals surface area contributed by atoms with Gasteiger partial charge in [-0.3, -0.25) is 0 Å². The van der Waals surface area contributed by atoms with Gasteiger partial charge in [0, 0.05) is 6.54 Å². The molecule has 24 heavy (non-hydrogen) atoms. The highest BCUT2D eigenvalue weighted by molar-refractivity contribution is 7.87. The Morgan fingerprint density at radius 1 is 0.750 bits per heavy atom. The maximum atomic E-state index is 10.5. The average Bonchev–Trinajstić information content (AvgIpc) is 2.41. The Kier molecular flexibility index (Phi) is 8.67. The minimum absolute atomic E-state index is 0.236. The largest absolute Gasteiger partial charge is 0.312 e. The van der Waals surface area contributed by atoms with Gasteiger partial charge in [-0.1, -0.05) is 30.3 Å². The van der Waals surface area contributed by atoms with Crippen molar-refractivity contribution in [3.8, 4) is 0 Å². The molecule has 14 nitrogen and oxygen atoms in total. The van der Waals surface area contributed by atoms with Crippen LogP contribution in [0, 0.1) is 0 Å². The van der Waals surface area contributed by atoms with Gasteiger partial charge in [0.15, 0.2) is 0 Å². The average molecular weight is 404 g/mol. The SMILES string of the molecule is NS(=O)(=O)NCc1ccccc1.NS(=O)(=O)NN=NNS(N)(=O)=O. The Morgan fingerprint density at radius 3 is 1.50 bits per heavy atom. The first-order valence-electron chi connectivity index (χ1n) is 5.58. The highest BCUT2D eigenvalue weighted by atomic mass is 32.2. The lowest BCUT2D eigenvalue weighted by Crippen LogP contribution is -2.30. The van der Waals surface area contributed by atoms with Gasteiger partial charge in [0.1, 0.15) is 0 Å². The standard InChI is InChI=1S/C7H10N2O2S.H6N6O4S2/c8-12(10,11)9-6-7-4-2-1-3-5-7;1-11(7,8)5-3-4-6-12(2,9)10/h1-5,9H,6H2,(H2,8,10,11);(H,4,5)(H,3,6)(H2,1,7,8)(H2,2,9,10). The third kappa shape index (κ3) is 16.5. The van der Waals surface area contributed by atoms with Crippen molar-refractivity contribution in [1.82, 2.24) is 14.4 Å². The van der Waals surface area contributed by atoms with E-state index in [9.17, 15) is 25.3 Å². The first kappa shape index (κ1) is 22.1. The van der Waals surface area contributed by atoms with Gasteiger partial charge in [-0.15, -0.1) is 0 Å². The van der Waals surface area contributed by atoms with Crippen LogP contribution in [-0.2, 0) is 37.2 Å². The van der Waals surface area contributed by atoms with Crippen LogP contribution in [0.25, 0.3) is 0 Å². The summed E-state index contributed by atoms with van der Waals surface area (Å²) < 4.78 is 63.4. The second-order valence-corrected chi connectivity index (χ2v) is 7.75. The van der Waals surface area contributed by atoms with Crippen molar-refractivity contribution in [3.63, 3.8) is 0 Å². The Morgan fingerprint density at radius 2 is 1.17 bits per heavy atom. The Bertz CT molecular complexity index is 799. The van der Waals surface area contributed by atoms with Crippen molar-refractivity contribution in [2.45, 2.75) is 6.54 Å². The van der Waals surface area contributed by atoms with Crippen molar-refractivity contribution in [2.24, 2.45) is 25.9 Å². The summed E-state index contributed by atoms with van der Waals surface area (Å²) in [6.45, 7) is 0.236. The molecular formula is C7H16N8O6S3. The van der Waals surface area contributed by atoms with E-state index in [0.717, 1.165) is 5.56 Å². The van der Waals surface area contributed by atoms with Crippen LogP contribution in [-0.4, -0.2) is 25.3 Å². The van der Waals surface area contributed by atoms with Crippen molar-refractivity contribution in [1.29, 1.82) is 0 Å². The normalized spacial score (nSPS) is 12.3. The van der Waals surface area contributed by atoms with Crippen molar-refractivity contribution < 1.29 is 25.3 Å². The molecule has 1 aromatic carbocycles. The van der Waals surface area contributed by atoms with Crippen LogP contribution in [0.1, 0.15) is 5.56 Å². The summed E-state index contributed by atoms with van der Waals surface area (Å²) in [5.74, 6) is 0. The zero-order valence-electron chi connectivity index (χ0n) is 11.9. The van der Waals surface area contributed by atoms with E-state index < -0.39 is 30.6 Å². The predicted octanol–water partition coefficient (Wildman–Crippen LogP) is -3.17. The van der Waals surface area contributed by atoms with Crippen LogP contribution in [0.15, 0.2) is 40.8 Å².